The minimum absolute atomic E-state index is 0.231. The van der Waals surface area contributed by atoms with E-state index in [-0.39, 0.29) is 11.1 Å². The fourth-order valence-corrected chi connectivity index (χ4v) is 3.15. The lowest BCUT2D eigenvalue weighted by Gasteiger charge is -2.04. The average Bonchev–Trinajstić information content (AvgIpc) is 2.84. The van der Waals surface area contributed by atoms with Crippen LogP contribution in [0.5, 0.6) is 0 Å². The Morgan fingerprint density at radius 3 is 2.85 bits per heavy atom. The summed E-state index contributed by atoms with van der Waals surface area (Å²) in [4.78, 5) is 23.6. The minimum atomic E-state index is -0.966. The average molecular weight is 286 g/mol. The Balaban J connectivity index is 2.25. The summed E-state index contributed by atoms with van der Waals surface area (Å²) in [6, 6.07) is 6.83. The van der Waals surface area contributed by atoms with Crippen molar-refractivity contribution in [2.45, 2.75) is 6.92 Å². The Kier molecular flexibility index (Phi) is 2.87. The number of carbonyl (C=O) groups is 1. The number of hydrogen-bond acceptors (Lipinski definition) is 4. The van der Waals surface area contributed by atoms with Crippen LogP contribution < -0.4 is 5.56 Å². The topological polar surface area (TPSA) is 83.0 Å². The molecule has 2 aromatic heterocycles. The molecule has 0 aliphatic rings. The van der Waals surface area contributed by atoms with Gasteiger partial charge in [0.1, 0.15) is 4.70 Å². The molecule has 0 saturated heterocycles. The van der Waals surface area contributed by atoms with Gasteiger partial charge >= 0.3 is 5.97 Å². The summed E-state index contributed by atoms with van der Waals surface area (Å²) in [5.41, 5.74) is 1.79. The van der Waals surface area contributed by atoms with Crippen LogP contribution in [0.15, 0.2) is 35.3 Å². The van der Waals surface area contributed by atoms with Crippen LogP contribution in [0.2, 0.25) is 0 Å². The Morgan fingerprint density at radius 2 is 2.15 bits per heavy atom. The number of fused-ring (bicyclic) bond motifs is 1. The van der Waals surface area contributed by atoms with Gasteiger partial charge in [-0.2, -0.15) is 5.10 Å². The van der Waals surface area contributed by atoms with E-state index in [1.165, 1.54) is 11.3 Å². The maximum atomic E-state index is 11.7. The van der Waals surface area contributed by atoms with Crippen molar-refractivity contribution >= 4 is 27.4 Å². The molecular weight excluding hydrogens is 276 g/mol. The largest absolute Gasteiger partial charge is 0.478 e. The van der Waals surface area contributed by atoms with Crippen molar-refractivity contribution in [1.29, 1.82) is 0 Å². The van der Waals surface area contributed by atoms with Crippen molar-refractivity contribution in [3.05, 3.63) is 51.9 Å². The molecule has 3 rings (SSSR count). The van der Waals surface area contributed by atoms with E-state index in [0.717, 1.165) is 21.4 Å². The lowest BCUT2D eigenvalue weighted by Crippen LogP contribution is -2.04. The predicted octanol–water partition coefficient (Wildman–Crippen LogP) is 2.66. The van der Waals surface area contributed by atoms with Gasteiger partial charge in [0, 0.05) is 10.3 Å². The normalized spacial score (nSPS) is 10.8. The third-order valence-corrected chi connectivity index (χ3v) is 4.27. The van der Waals surface area contributed by atoms with Crippen LogP contribution in [0.1, 0.15) is 15.9 Å². The number of benzene rings is 1. The number of rotatable bonds is 2. The number of carboxylic acid groups (broad SMARTS) is 1. The molecule has 2 N–H and O–H groups in total. The maximum Gasteiger partial charge on any atom is 0.335 e. The van der Waals surface area contributed by atoms with Crippen LogP contribution >= 0.6 is 11.3 Å². The van der Waals surface area contributed by atoms with Crippen LogP contribution in [0.3, 0.4) is 0 Å². The molecule has 0 aliphatic heterocycles. The number of H-pyrrole nitrogens is 1. The molecule has 5 nitrogen and oxygen atoms in total. The molecule has 0 saturated carbocycles. The zero-order valence-electron chi connectivity index (χ0n) is 10.5. The highest BCUT2D eigenvalue weighted by atomic mass is 32.1. The van der Waals surface area contributed by atoms with E-state index in [1.54, 1.807) is 24.4 Å². The van der Waals surface area contributed by atoms with Gasteiger partial charge in [-0.05, 0) is 36.2 Å². The summed E-state index contributed by atoms with van der Waals surface area (Å²) >= 11 is 1.33. The number of aryl methyl sites for hydroxylation is 1. The van der Waals surface area contributed by atoms with Gasteiger partial charge in [0.05, 0.1) is 11.8 Å². The van der Waals surface area contributed by atoms with E-state index in [2.05, 4.69) is 10.2 Å². The number of nitrogens with one attached hydrogen (secondary N) is 1. The minimum Gasteiger partial charge on any atom is -0.478 e. The van der Waals surface area contributed by atoms with Crippen molar-refractivity contribution in [3.8, 4) is 10.4 Å². The highest BCUT2D eigenvalue weighted by Gasteiger charge is 2.12. The molecule has 0 fully saturated rings. The van der Waals surface area contributed by atoms with E-state index in [9.17, 15) is 9.59 Å². The van der Waals surface area contributed by atoms with Crippen LogP contribution in [0.4, 0.5) is 0 Å². The van der Waals surface area contributed by atoms with Gasteiger partial charge in [0.15, 0.2) is 0 Å². The second kappa shape index (κ2) is 4.57. The molecular formula is C14H10N2O3S. The molecule has 0 unspecified atom stereocenters. The summed E-state index contributed by atoms with van der Waals surface area (Å²) in [7, 11) is 0. The number of aromatic carboxylic acids is 1. The quantitative estimate of drug-likeness (QED) is 0.758. The Bertz CT molecular complexity index is 880. The Hall–Kier alpha value is -2.47. The third kappa shape index (κ3) is 2.00. The zero-order chi connectivity index (χ0) is 14.3. The zero-order valence-corrected chi connectivity index (χ0v) is 11.3. The summed E-state index contributed by atoms with van der Waals surface area (Å²) in [5, 5.41) is 16.0. The van der Waals surface area contributed by atoms with Gasteiger partial charge in [-0.15, -0.1) is 11.3 Å². The number of nitrogens with zero attached hydrogens (tertiary/aromatic N) is 1. The van der Waals surface area contributed by atoms with Crippen LogP contribution in [-0.4, -0.2) is 21.3 Å². The standard InChI is InChI=1S/C14H10N2O3S/c1-7-2-3-8(14(18)19)4-10(7)11-5-9-6-15-16-13(17)12(9)20-11/h2-6H,1H3,(H,16,17)(H,18,19). The molecule has 20 heavy (non-hydrogen) atoms. The molecule has 1 aromatic carbocycles. The van der Waals surface area contributed by atoms with Gasteiger partial charge in [-0.25, -0.2) is 9.89 Å². The predicted molar refractivity (Wildman–Crippen MR) is 77.4 cm³/mol. The lowest BCUT2D eigenvalue weighted by molar-refractivity contribution is 0.0697. The first-order valence-electron chi connectivity index (χ1n) is 5.88. The molecule has 100 valence electrons. The number of aromatic nitrogens is 2. The molecule has 2 heterocycles. The van der Waals surface area contributed by atoms with Crippen LogP contribution in [0.25, 0.3) is 20.5 Å². The summed E-state index contributed by atoms with van der Waals surface area (Å²) in [6.07, 6.45) is 1.59. The fourth-order valence-electron chi connectivity index (χ4n) is 2.04. The van der Waals surface area contributed by atoms with Gasteiger partial charge in [0.2, 0.25) is 0 Å². The van der Waals surface area contributed by atoms with Gasteiger partial charge in [-0.1, -0.05) is 6.07 Å². The van der Waals surface area contributed by atoms with Gasteiger partial charge < -0.3 is 5.11 Å². The molecule has 0 amide bonds. The van der Waals surface area contributed by atoms with E-state index in [0.29, 0.717) is 4.70 Å². The third-order valence-electron chi connectivity index (χ3n) is 3.09. The van der Waals surface area contributed by atoms with E-state index >= 15 is 0 Å². The number of thiophene rings is 1. The lowest BCUT2D eigenvalue weighted by atomic mass is 10.0. The van der Waals surface area contributed by atoms with E-state index in [4.69, 9.17) is 5.11 Å². The number of hydrogen-bond donors (Lipinski definition) is 2. The van der Waals surface area contributed by atoms with Crippen molar-refractivity contribution < 1.29 is 9.90 Å². The molecule has 3 aromatic rings. The SMILES string of the molecule is Cc1ccc(C(=O)O)cc1-c1cc2cn[nH]c(=O)c2s1. The van der Waals surface area contributed by atoms with Gasteiger partial charge in [-0.3, -0.25) is 4.79 Å². The van der Waals surface area contributed by atoms with E-state index in [1.807, 2.05) is 13.0 Å². The van der Waals surface area contributed by atoms with E-state index < -0.39 is 5.97 Å². The van der Waals surface area contributed by atoms with Crippen molar-refractivity contribution in [2.75, 3.05) is 0 Å². The first-order chi connectivity index (χ1) is 9.56. The Labute approximate surface area is 117 Å². The van der Waals surface area contributed by atoms with Crippen LogP contribution in [0, 0.1) is 6.92 Å². The monoisotopic (exact) mass is 286 g/mol. The van der Waals surface area contributed by atoms with Gasteiger partial charge in [0.25, 0.3) is 5.56 Å². The molecule has 0 radical (unpaired) electrons. The first kappa shape index (κ1) is 12.6. The molecule has 0 atom stereocenters. The molecule has 0 spiro atoms. The first-order valence-corrected chi connectivity index (χ1v) is 6.69. The van der Waals surface area contributed by atoms with Crippen molar-refractivity contribution in [2.24, 2.45) is 0 Å². The molecule has 0 bridgehead atoms. The maximum absolute atomic E-state index is 11.7. The summed E-state index contributed by atoms with van der Waals surface area (Å²) in [6.45, 7) is 1.91. The van der Waals surface area contributed by atoms with Crippen molar-refractivity contribution in [3.63, 3.8) is 0 Å². The molecule has 6 heteroatoms. The molecule has 0 aliphatic carbocycles. The fraction of sp³-hybridized carbons (Fsp3) is 0.0714. The second-order valence-corrected chi connectivity index (χ2v) is 5.48. The van der Waals surface area contributed by atoms with Crippen LogP contribution in [-0.2, 0) is 0 Å². The van der Waals surface area contributed by atoms with Crippen molar-refractivity contribution in [1.82, 2.24) is 10.2 Å². The second-order valence-electron chi connectivity index (χ2n) is 4.43. The number of aromatic amines is 1. The Morgan fingerprint density at radius 1 is 1.35 bits per heavy atom. The summed E-state index contributed by atoms with van der Waals surface area (Å²) in [5.74, 6) is -0.966. The highest BCUT2D eigenvalue weighted by molar-refractivity contribution is 7.22. The summed E-state index contributed by atoms with van der Waals surface area (Å²) < 4.78 is 0.593. The number of carboxylic acids is 1. The highest BCUT2D eigenvalue weighted by Crippen LogP contribution is 2.33. The smallest absolute Gasteiger partial charge is 0.335 e.